The number of nitrogens with one attached hydrogen (secondary N) is 3. The highest BCUT2D eigenvalue weighted by atomic mass is 16.6. The van der Waals surface area contributed by atoms with Gasteiger partial charge in [-0.3, -0.25) is 14.9 Å². The normalized spacial score (nSPS) is 10.3. The van der Waals surface area contributed by atoms with Crippen molar-refractivity contribution < 1.29 is 9.72 Å². The molecule has 0 radical (unpaired) electrons. The molecule has 0 aliphatic rings. The molecule has 1 rings (SSSR count). The molecule has 0 bridgehead atoms. The topological polar surface area (TPSA) is 109 Å². The zero-order valence-corrected chi connectivity index (χ0v) is 12.5. The summed E-state index contributed by atoms with van der Waals surface area (Å²) < 4.78 is 0. The molecule has 0 aliphatic heterocycles. The Morgan fingerprint density at radius 1 is 1.33 bits per heavy atom. The van der Waals surface area contributed by atoms with Crippen LogP contribution in [0.25, 0.3) is 0 Å². The number of nitrogens with zero attached hydrogens (tertiary/aromatic N) is 2. The molecule has 1 amide bonds. The Balaban J connectivity index is 2.69. The number of hydrogen-bond acceptors (Lipinski definition) is 6. The number of pyridine rings is 1. The molecule has 3 N–H and O–H groups in total. The lowest BCUT2D eigenvalue weighted by Crippen LogP contribution is -2.32. The smallest absolute Gasteiger partial charge is 0.276 e. The average Bonchev–Trinajstić information content (AvgIpc) is 2.43. The van der Waals surface area contributed by atoms with E-state index in [1.165, 1.54) is 12.1 Å². The number of carbonyl (C=O) groups is 1. The standard InChI is InChI=1S/C13H21N5O3/c1-4-14-11-5-10(18(20)21)6-12(17-11)15-8-13(19)16-7-9(2)3/h5-6,9H,4,7-8H2,1-3H3,(H,16,19)(H2,14,15,17). The van der Waals surface area contributed by atoms with Crippen LogP contribution in [-0.4, -0.2) is 35.4 Å². The van der Waals surface area contributed by atoms with Crippen molar-refractivity contribution in [1.82, 2.24) is 10.3 Å². The molecule has 0 atom stereocenters. The third-order valence-corrected chi connectivity index (χ3v) is 2.52. The molecule has 1 aromatic heterocycles. The summed E-state index contributed by atoms with van der Waals surface area (Å²) in [5, 5.41) is 19.3. The van der Waals surface area contributed by atoms with Crippen LogP contribution >= 0.6 is 0 Å². The highest BCUT2D eigenvalue weighted by Crippen LogP contribution is 2.20. The number of amides is 1. The van der Waals surface area contributed by atoms with Gasteiger partial charge in [-0.05, 0) is 12.8 Å². The second kappa shape index (κ2) is 8.03. The van der Waals surface area contributed by atoms with Crippen molar-refractivity contribution in [3.8, 4) is 0 Å². The molecule has 116 valence electrons. The molecule has 0 fully saturated rings. The molecular weight excluding hydrogens is 274 g/mol. The van der Waals surface area contributed by atoms with Crippen molar-refractivity contribution in [2.75, 3.05) is 30.3 Å². The second-order valence-electron chi connectivity index (χ2n) is 4.93. The van der Waals surface area contributed by atoms with Gasteiger partial charge in [0, 0.05) is 13.1 Å². The Labute approximate surface area is 123 Å². The van der Waals surface area contributed by atoms with E-state index in [0.29, 0.717) is 30.6 Å². The Bertz CT molecular complexity index is 505. The van der Waals surface area contributed by atoms with E-state index in [-0.39, 0.29) is 18.1 Å². The first-order chi connectivity index (χ1) is 9.92. The van der Waals surface area contributed by atoms with Crippen LogP contribution < -0.4 is 16.0 Å². The Kier molecular flexibility index (Phi) is 6.38. The van der Waals surface area contributed by atoms with Gasteiger partial charge in [-0.15, -0.1) is 0 Å². The lowest BCUT2D eigenvalue weighted by molar-refractivity contribution is -0.384. The predicted octanol–water partition coefficient (Wildman–Crippen LogP) is 1.61. The maximum atomic E-state index is 11.6. The molecular formula is C13H21N5O3. The van der Waals surface area contributed by atoms with Crippen LogP contribution in [0.1, 0.15) is 20.8 Å². The molecule has 0 unspecified atom stereocenters. The van der Waals surface area contributed by atoms with Gasteiger partial charge in [-0.1, -0.05) is 13.8 Å². The van der Waals surface area contributed by atoms with Crippen molar-refractivity contribution in [2.45, 2.75) is 20.8 Å². The zero-order chi connectivity index (χ0) is 15.8. The predicted molar refractivity (Wildman–Crippen MR) is 81.4 cm³/mol. The SMILES string of the molecule is CCNc1cc([N+](=O)[O-])cc(NCC(=O)NCC(C)C)n1. The van der Waals surface area contributed by atoms with Crippen LogP contribution in [0, 0.1) is 16.0 Å². The lowest BCUT2D eigenvalue weighted by Gasteiger charge is -2.10. The van der Waals surface area contributed by atoms with Gasteiger partial charge in [-0.2, -0.15) is 0 Å². The van der Waals surface area contributed by atoms with E-state index in [9.17, 15) is 14.9 Å². The fraction of sp³-hybridized carbons (Fsp3) is 0.538. The van der Waals surface area contributed by atoms with Crippen molar-refractivity contribution in [3.63, 3.8) is 0 Å². The lowest BCUT2D eigenvalue weighted by atomic mass is 10.2. The molecule has 1 heterocycles. The summed E-state index contributed by atoms with van der Waals surface area (Å²) in [6.07, 6.45) is 0. The first-order valence-electron chi connectivity index (χ1n) is 6.83. The monoisotopic (exact) mass is 295 g/mol. The molecule has 0 saturated heterocycles. The van der Waals surface area contributed by atoms with Gasteiger partial charge in [0.05, 0.1) is 23.6 Å². The Morgan fingerprint density at radius 2 is 1.95 bits per heavy atom. The van der Waals surface area contributed by atoms with Crippen molar-refractivity contribution in [2.24, 2.45) is 5.92 Å². The van der Waals surface area contributed by atoms with Gasteiger partial charge < -0.3 is 16.0 Å². The summed E-state index contributed by atoms with van der Waals surface area (Å²) in [7, 11) is 0. The van der Waals surface area contributed by atoms with Gasteiger partial charge in [0.25, 0.3) is 5.69 Å². The van der Waals surface area contributed by atoms with Crippen molar-refractivity contribution in [1.29, 1.82) is 0 Å². The quantitative estimate of drug-likeness (QED) is 0.496. The van der Waals surface area contributed by atoms with Gasteiger partial charge in [0.15, 0.2) is 0 Å². The minimum Gasteiger partial charge on any atom is -0.370 e. The third-order valence-electron chi connectivity index (χ3n) is 2.52. The summed E-state index contributed by atoms with van der Waals surface area (Å²) in [4.78, 5) is 26.1. The number of nitro groups is 1. The first-order valence-corrected chi connectivity index (χ1v) is 6.83. The summed E-state index contributed by atoms with van der Waals surface area (Å²) in [5.74, 6) is 0.879. The summed E-state index contributed by atoms with van der Waals surface area (Å²) >= 11 is 0. The van der Waals surface area contributed by atoms with Gasteiger partial charge in [-0.25, -0.2) is 4.98 Å². The minimum atomic E-state index is -0.494. The van der Waals surface area contributed by atoms with Crippen LogP contribution in [0.15, 0.2) is 12.1 Å². The van der Waals surface area contributed by atoms with Gasteiger partial charge in [0.2, 0.25) is 5.91 Å². The van der Waals surface area contributed by atoms with E-state index < -0.39 is 4.92 Å². The number of anilines is 2. The Hall–Kier alpha value is -2.38. The van der Waals surface area contributed by atoms with E-state index in [0.717, 1.165) is 0 Å². The molecule has 0 saturated carbocycles. The van der Waals surface area contributed by atoms with Crippen LogP contribution in [0.2, 0.25) is 0 Å². The van der Waals surface area contributed by atoms with Crippen LogP contribution in [0.4, 0.5) is 17.3 Å². The van der Waals surface area contributed by atoms with Crippen molar-refractivity contribution >= 4 is 23.2 Å². The summed E-state index contributed by atoms with van der Waals surface area (Å²) in [6, 6.07) is 2.66. The Morgan fingerprint density at radius 3 is 2.48 bits per heavy atom. The fourth-order valence-electron chi connectivity index (χ4n) is 1.54. The van der Waals surface area contributed by atoms with E-state index in [4.69, 9.17) is 0 Å². The van der Waals surface area contributed by atoms with Crippen LogP contribution in [0.3, 0.4) is 0 Å². The highest BCUT2D eigenvalue weighted by Gasteiger charge is 2.11. The first kappa shape index (κ1) is 16.7. The molecule has 0 aliphatic carbocycles. The largest absolute Gasteiger partial charge is 0.370 e. The van der Waals surface area contributed by atoms with Gasteiger partial charge in [0.1, 0.15) is 11.6 Å². The third kappa shape index (κ3) is 6.07. The minimum absolute atomic E-state index is 0.0203. The number of hydrogen-bond donors (Lipinski definition) is 3. The zero-order valence-electron chi connectivity index (χ0n) is 12.5. The second-order valence-corrected chi connectivity index (χ2v) is 4.93. The van der Waals surface area contributed by atoms with Crippen LogP contribution in [0.5, 0.6) is 0 Å². The fourth-order valence-corrected chi connectivity index (χ4v) is 1.54. The molecule has 8 nitrogen and oxygen atoms in total. The highest BCUT2D eigenvalue weighted by molar-refractivity contribution is 5.80. The van der Waals surface area contributed by atoms with E-state index in [1.807, 2.05) is 20.8 Å². The van der Waals surface area contributed by atoms with E-state index in [2.05, 4.69) is 20.9 Å². The summed E-state index contributed by atoms with van der Waals surface area (Å²) in [6.45, 7) is 7.07. The number of rotatable bonds is 8. The van der Waals surface area contributed by atoms with E-state index >= 15 is 0 Å². The maximum Gasteiger partial charge on any atom is 0.276 e. The maximum absolute atomic E-state index is 11.6. The van der Waals surface area contributed by atoms with Crippen LogP contribution in [-0.2, 0) is 4.79 Å². The summed E-state index contributed by atoms with van der Waals surface area (Å²) in [5.41, 5.74) is -0.0777. The molecule has 0 spiro atoms. The van der Waals surface area contributed by atoms with Gasteiger partial charge >= 0.3 is 0 Å². The molecule has 1 aromatic rings. The average molecular weight is 295 g/mol. The molecule has 21 heavy (non-hydrogen) atoms. The number of carbonyl (C=O) groups excluding carboxylic acids is 1. The number of aromatic nitrogens is 1. The molecule has 0 aromatic carbocycles. The molecule has 8 heteroatoms. The van der Waals surface area contributed by atoms with E-state index in [1.54, 1.807) is 0 Å². The van der Waals surface area contributed by atoms with Crippen molar-refractivity contribution in [3.05, 3.63) is 22.2 Å².